The third kappa shape index (κ3) is 8.23. The number of carbonyl (C=O) groups excluding carboxylic acids is 3. The number of fused-ring (bicyclic) bond motifs is 1. The van der Waals surface area contributed by atoms with Crippen LogP contribution in [-0.2, 0) is 9.53 Å². The van der Waals surface area contributed by atoms with E-state index in [0.29, 0.717) is 50.6 Å². The van der Waals surface area contributed by atoms with Crippen LogP contribution in [0.4, 0.5) is 14.7 Å². The number of amides is 4. The van der Waals surface area contributed by atoms with Gasteiger partial charge in [0, 0.05) is 38.0 Å². The van der Waals surface area contributed by atoms with Crippen molar-refractivity contribution in [1.82, 2.24) is 19.9 Å². The maximum Gasteiger partial charge on any atom is 0.410 e. The molecule has 1 saturated heterocycles. The van der Waals surface area contributed by atoms with Gasteiger partial charge in [0.05, 0.1) is 10.2 Å². The molecule has 1 N–H and O–H groups in total. The summed E-state index contributed by atoms with van der Waals surface area (Å²) in [6.45, 7) is 8.88. The monoisotopic (exact) mass is 641 g/mol. The number of likely N-dealkylation sites (tertiary alicyclic amines) is 1. The highest BCUT2D eigenvalue weighted by Gasteiger charge is 2.35. The fraction of sp³-hybridized carbons (Fsp3) is 0.389. The van der Waals surface area contributed by atoms with E-state index in [9.17, 15) is 14.4 Å². The van der Waals surface area contributed by atoms with Crippen LogP contribution < -0.4 is 5.32 Å². The molecule has 0 spiro atoms. The SMILES string of the molecule is CCN(C(=O)C1CCN(C(=O)OC(C)(C)C)CC1)N(CCC(c1ccccc1)c1ccccc1)C(=O)Nc1nc2ccccc2s1. The number of hydrogen-bond donors (Lipinski definition) is 1. The fourth-order valence-corrected chi connectivity index (χ4v) is 6.71. The van der Waals surface area contributed by atoms with Crippen LogP contribution in [0.3, 0.4) is 0 Å². The second-order valence-electron chi connectivity index (χ2n) is 12.5. The molecule has 0 atom stereocenters. The van der Waals surface area contributed by atoms with Crippen molar-refractivity contribution in [1.29, 1.82) is 0 Å². The van der Waals surface area contributed by atoms with Gasteiger partial charge in [-0.15, -0.1) is 0 Å². The maximum atomic E-state index is 14.1. The standard InChI is InChI=1S/C36H43N5O4S/c1-5-40(32(42)28-20-23-39(24-21-28)35(44)45-36(2,3)4)41(34(43)38-33-37-30-18-12-13-19-31(30)46-33)25-22-29(26-14-8-6-9-15-26)27-16-10-7-11-17-27/h6-19,28-29H,5,20-25H2,1-4H3,(H,37,38,43). The van der Waals surface area contributed by atoms with Crippen LogP contribution in [0.25, 0.3) is 10.2 Å². The number of carbonyl (C=O) groups is 3. The highest BCUT2D eigenvalue weighted by Crippen LogP contribution is 2.30. The molecule has 1 aliphatic heterocycles. The van der Waals surface area contributed by atoms with Gasteiger partial charge in [-0.3, -0.25) is 15.1 Å². The topological polar surface area (TPSA) is 95.1 Å². The zero-order chi connectivity index (χ0) is 32.7. The number of ether oxygens (including phenoxy) is 1. The molecule has 3 aromatic carbocycles. The van der Waals surface area contributed by atoms with Crippen LogP contribution in [0.2, 0.25) is 0 Å². The Labute approximate surface area is 275 Å². The molecule has 0 unspecified atom stereocenters. The predicted molar refractivity (Wildman–Crippen MR) is 183 cm³/mol. The molecule has 2 heterocycles. The zero-order valence-electron chi connectivity index (χ0n) is 27.0. The molecular weight excluding hydrogens is 598 g/mol. The van der Waals surface area contributed by atoms with Crippen LogP contribution in [0.15, 0.2) is 84.9 Å². The number of hydrazine groups is 1. The third-order valence-electron chi connectivity index (χ3n) is 8.12. The molecule has 4 aromatic rings. The van der Waals surface area contributed by atoms with E-state index >= 15 is 0 Å². The summed E-state index contributed by atoms with van der Waals surface area (Å²) in [7, 11) is 0. The summed E-state index contributed by atoms with van der Waals surface area (Å²) in [5.41, 5.74) is 2.51. The number of nitrogens with zero attached hydrogens (tertiary/aromatic N) is 4. The Bertz CT molecular complexity index is 1540. The van der Waals surface area contributed by atoms with Gasteiger partial charge in [-0.2, -0.15) is 0 Å². The highest BCUT2D eigenvalue weighted by atomic mass is 32.1. The number of benzene rings is 3. The molecule has 9 nitrogen and oxygen atoms in total. The maximum absolute atomic E-state index is 14.1. The normalized spacial score (nSPS) is 13.9. The van der Waals surface area contributed by atoms with Crippen LogP contribution in [0.5, 0.6) is 0 Å². The van der Waals surface area contributed by atoms with E-state index in [1.54, 1.807) is 14.9 Å². The molecule has 1 aliphatic rings. The Hall–Kier alpha value is -4.44. The van der Waals surface area contributed by atoms with Crippen molar-refractivity contribution < 1.29 is 19.1 Å². The summed E-state index contributed by atoms with van der Waals surface area (Å²) < 4.78 is 6.51. The Balaban J connectivity index is 1.37. The minimum Gasteiger partial charge on any atom is -0.444 e. The number of urea groups is 1. The molecule has 1 fully saturated rings. The minimum atomic E-state index is -0.586. The van der Waals surface area contributed by atoms with E-state index in [1.807, 2.05) is 88.4 Å². The second-order valence-corrected chi connectivity index (χ2v) is 13.5. The molecular formula is C36H43N5O4S. The Morgan fingerprint density at radius 3 is 2.07 bits per heavy atom. The van der Waals surface area contributed by atoms with Crippen molar-refractivity contribution in [2.45, 2.75) is 58.5 Å². The van der Waals surface area contributed by atoms with Crippen LogP contribution in [0.1, 0.15) is 64.0 Å². The van der Waals surface area contributed by atoms with Crippen molar-refractivity contribution in [2.75, 3.05) is 31.5 Å². The van der Waals surface area contributed by atoms with Crippen LogP contribution >= 0.6 is 11.3 Å². The Morgan fingerprint density at radius 2 is 1.50 bits per heavy atom. The van der Waals surface area contributed by atoms with E-state index in [4.69, 9.17) is 4.74 Å². The molecule has 10 heteroatoms. The number of rotatable bonds is 8. The van der Waals surface area contributed by atoms with Crippen molar-refractivity contribution in [3.05, 3.63) is 96.1 Å². The van der Waals surface area contributed by atoms with Gasteiger partial charge in [0.1, 0.15) is 5.60 Å². The molecule has 0 saturated carbocycles. The quantitative estimate of drug-likeness (QED) is 0.199. The second kappa shape index (κ2) is 14.8. The number of para-hydroxylation sites is 1. The summed E-state index contributed by atoms with van der Waals surface area (Å²) in [5, 5.41) is 6.58. The van der Waals surface area contributed by atoms with Crippen molar-refractivity contribution in [3.63, 3.8) is 0 Å². The number of hydrogen-bond acceptors (Lipinski definition) is 6. The summed E-state index contributed by atoms with van der Waals surface area (Å²) in [4.78, 5) is 47.1. The fourth-order valence-electron chi connectivity index (χ4n) is 5.85. The van der Waals surface area contributed by atoms with Crippen LogP contribution in [0, 0.1) is 5.92 Å². The molecule has 46 heavy (non-hydrogen) atoms. The van der Waals surface area contributed by atoms with E-state index in [-0.39, 0.29) is 23.8 Å². The van der Waals surface area contributed by atoms with E-state index < -0.39 is 11.6 Å². The smallest absolute Gasteiger partial charge is 0.410 e. The van der Waals surface area contributed by atoms with Crippen LogP contribution in [-0.4, -0.2) is 69.7 Å². The van der Waals surface area contributed by atoms with E-state index in [2.05, 4.69) is 34.6 Å². The highest BCUT2D eigenvalue weighted by molar-refractivity contribution is 7.22. The van der Waals surface area contributed by atoms with Gasteiger partial charge < -0.3 is 9.64 Å². The van der Waals surface area contributed by atoms with Gasteiger partial charge in [-0.05, 0) is 70.2 Å². The third-order valence-corrected chi connectivity index (χ3v) is 9.07. The predicted octanol–water partition coefficient (Wildman–Crippen LogP) is 7.76. The van der Waals surface area contributed by atoms with Crippen molar-refractivity contribution in [3.8, 4) is 0 Å². The van der Waals surface area contributed by atoms with Gasteiger partial charge in [0.15, 0.2) is 5.13 Å². The molecule has 1 aromatic heterocycles. The number of piperidine rings is 1. The average Bonchev–Trinajstić information content (AvgIpc) is 3.46. The summed E-state index contributed by atoms with van der Waals surface area (Å²) in [5.74, 6) is -0.428. The molecule has 4 amide bonds. The van der Waals surface area contributed by atoms with Gasteiger partial charge >= 0.3 is 12.1 Å². The first kappa shape index (κ1) is 32.9. The first-order valence-corrected chi connectivity index (χ1v) is 16.8. The van der Waals surface area contributed by atoms with Gasteiger partial charge in [0.25, 0.3) is 0 Å². The van der Waals surface area contributed by atoms with Crippen molar-refractivity contribution >= 4 is 44.7 Å². The molecule has 242 valence electrons. The average molecular weight is 642 g/mol. The number of anilines is 1. The van der Waals surface area contributed by atoms with E-state index in [0.717, 1.165) is 21.3 Å². The summed E-state index contributed by atoms with van der Waals surface area (Å²) in [6, 6.07) is 27.8. The molecule has 0 aliphatic carbocycles. The molecule has 0 bridgehead atoms. The Kier molecular flexibility index (Phi) is 10.6. The lowest BCUT2D eigenvalue weighted by Crippen LogP contribution is -2.55. The number of aromatic nitrogens is 1. The Morgan fingerprint density at radius 1 is 0.913 bits per heavy atom. The number of thiazole rings is 1. The van der Waals surface area contributed by atoms with Gasteiger partial charge in [-0.25, -0.2) is 19.6 Å². The lowest BCUT2D eigenvalue weighted by atomic mass is 9.88. The summed E-state index contributed by atoms with van der Waals surface area (Å²) >= 11 is 1.40. The lowest BCUT2D eigenvalue weighted by molar-refractivity contribution is -0.149. The minimum absolute atomic E-state index is 0.0195. The molecule has 0 radical (unpaired) electrons. The zero-order valence-corrected chi connectivity index (χ0v) is 27.8. The van der Waals surface area contributed by atoms with Crippen molar-refractivity contribution in [2.24, 2.45) is 5.92 Å². The number of nitrogens with one attached hydrogen (secondary N) is 1. The lowest BCUT2D eigenvalue weighted by Gasteiger charge is -2.39. The van der Waals surface area contributed by atoms with Gasteiger partial charge in [-0.1, -0.05) is 84.1 Å². The van der Waals surface area contributed by atoms with Gasteiger partial charge in [0.2, 0.25) is 5.91 Å². The molecule has 5 rings (SSSR count). The first-order valence-electron chi connectivity index (χ1n) is 16.0. The largest absolute Gasteiger partial charge is 0.444 e. The summed E-state index contributed by atoms with van der Waals surface area (Å²) in [6.07, 6.45) is 1.23. The first-order chi connectivity index (χ1) is 22.1. The van der Waals surface area contributed by atoms with E-state index in [1.165, 1.54) is 11.3 Å².